The summed E-state index contributed by atoms with van der Waals surface area (Å²) in [6.07, 6.45) is 3.05. The molecule has 0 spiro atoms. The number of hydrogen-bond acceptors (Lipinski definition) is 0. The minimum atomic E-state index is 0.272. The molecule has 1 saturated carbocycles. The highest BCUT2D eigenvalue weighted by molar-refractivity contribution is 9.23. The molecule has 1 rings (SSSR count). The number of halogens is 1. The Morgan fingerprint density at radius 2 is 2.20 bits per heavy atom. The molecule has 0 unspecified atom stereocenters. The molecule has 0 atom stereocenters. The summed E-state index contributed by atoms with van der Waals surface area (Å²) in [5, 5.41) is 0. The predicted octanol–water partition coefficient (Wildman–Crippen LogP) is 1.32. The molecule has 0 N–H and O–H groups in total. The molecule has 2 heteroatoms. The SMILES string of the molecule is [Br][AlH][CH]1CC1. The second-order valence-corrected chi connectivity index (χ2v) is 5.00. The van der Waals surface area contributed by atoms with E-state index in [9.17, 15) is 0 Å². The molecule has 0 aromatic rings. The molecular weight excluding hydrogens is 143 g/mol. The summed E-state index contributed by atoms with van der Waals surface area (Å²) in [5.74, 6) is 0. The third-order valence-electron chi connectivity index (χ3n) is 0.915. The van der Waals surface area contributed by atoms with E-state index in [0.717, 1.165) is 0 Å². The molecular formula is C3H6AlBr. The van der Waals surface area contributed by atoms with Crippen molar-refractivity contribution in [1.82, 2.24) is 0 Å². The lowest BCUT2D eigenvalue weighted by Gasteiger charge is -1.64. The van der Waals surface area contributed by atoms with Crippen LogP contribution in [0.25, 0.3) is 0 Å². The maximum atomic E-state index is 3.52. The number of rotatable bonds is 1. The Morgan fingerprint density at radius 1 is 1.60 bits per heavy atom. The van der Waals surface area contributed by atoms with Crippen LogP contribution >= 0.6 is 14.1 Å². The van der Waals surface area contributed by atoms with Gasteiger partial charge < -0.3 is 0 Å². The molecule has 1 fully saturated rings. The van der Waals surface area contributed by atoms with Crippen molar-refractivity contribution >= 4 is 27.4 Å². The van der Waals surface area contributed by atoms with Crippen LogP contribution < -0.4 is 0 Å². The van der Waals surface area contributed by atoms with Crippen molar-refractivity contribution in [3.63, 3.8) is 0 Å². The van der Waals surface area contributed by atoms with E-state index in [2.05, 4.69) is 14.1 Å². The first kappa shape index (κ1) is 4.18. The van der Waals surface area contributed by atoms with Crippen molar-refractivity contribution in [2.75, 3.05) is 0 Å². The Kier molecular flexibility index (Phi) is 1.37. The Balaban J connectivity index is 2.00. The molecule has 0 nitrogen and oxygen atoms in total. The molecule has 0 amide bonds. The van der Waals surface area contributed by atoms with Gasteiger partial charge >= 0.3 is 13.4 Å². The Morgan fingerprint density at radius 3 is 2.20 bits per heavy atom. The summed E-state index contributed by atoms with van der Waals surface area (Å²) in [4.78, 5) is 0. The smallest absolute Gasteiger partial charge is 0.223 e. The summed E-state index contributed by atoms with van der Waals surface area (Å²) >= 11 is 3.79. The molecule has 1 aliphatic carbocycles. The first-order chi connectivity index (χ1) is 2.43. The standard InChI is InChI=1S/C3H5.Al.BrH.H/c1-2-3-1;;;/h1H,2-3H2;;1H;/q;+1;;/p-1. The van der Waals surface area contributed by atoms with Gasteiger partial charge in [-0.25, -0.2) is 14.1 Å². The number of hydrogen-bond donors (Lipinski definition) is 0. The van der Waals surface area contributed by atoms with Crippen LogP contribution in [0.5, 0.6) is 0 Å². The summed E-state index contributed by atoms with van der Waals surface area (Å²) in [5.41, 5.74) is 0. The van der Waals surface area contributed by atoms with Gasteiger partial charge in [0.25, 0.3) is 0 Å². The largest absolute Gasteiger partial charge is 0.345 e. The summed E-state index contributed by atoms with van der Waals surface area (Å²) in [6.45, 7) is 0. The molecule has 5 heavy (non-hydrogen) atoms. The second kappa shape index (κ2) is 1.64. The van der Waals surface area contributed by atoms with Crippen molar-refractivity contribution in [3.05, 3.63) is 0 Å². The van der Waals surface area contributed by atoms with E-state index in [-0.39, 0.29) is 13.4 Å². The van der Waals surface area contributed by atoms with Gasteiger partial charge in [-0.05, 0) is 0 Å². The van der Waals surface area contributed by atoms with Crippen molar-refractivity contribution < 1.29 is 0 Å². The first-order valence-corrected chi connectivity index (χ1v) is 6.71. The monoisotopic (exact) mass is 148 g/mol. The fourth-order valence-electron chi connectivity index (χ4n) is 0.272. The third kappa shape index (κ3) is 1.26. The van der Waals surface area contributed by atoms with Crippen LogP contribution in [0.2, 0.25) is 4.78 Å². The van der Waals surface area contributed by atoms with E-state index in [4.69, 9.17) is 0 Å². The molecule has 28 valence electrons. The molecule has 0 aromatic carbocycles. The van der Waals surface area contributed by atoms with Crippen LogP contribution in [-0.2, 0) is 0 Å². The van der Waals surface area contributed by atoms with Crippen LogP contribution in [-0.4, -0.2) is 13.4 Å². The molecule has 0 bridgehead atoms. The van der Waals surface area contributed by atoms with Crippen molar-refractivity contribution in [2.45, 2.75) is 17.6 Å². The highest BCUT2D eigenvalue weighted by Gasteiger charge is 2.20. The fourth-order valence-corrected chi connectivity index (χ4v) is 2.76. The Labute approximate surface area is 45.3 Å². The molecule has 0 aromatic heterocycles. The molecule has 0 heterocycles. The van der Waals surface area contributed by atoms with Gasteiger partial charge in [-0.1, -0.05) is 17.6 Å². The highest BCUT2D eigenvalue weighted by atomic mass is 79.9. The lowest BCUT2D eigenvalue weighted by Crippen LogP contribution is -1.65. The quantitative estimate of drug-likeness (QED) is 0.493. The maximum Gasteiger partial charge on any atom is 0.345 e. The van der Waals surface area contributed by atoms with Gasteiger partial charge in [0.05, 0.1) is 0 Å². The predicted molar refractivity (Wildman–Crippen MR) is 29.1 cm³/mol. The highest BCUT2D eigenvalue weighted by Crippen LogP contribution is 2.35. The van der Waals surface area contributed by atoms with Crippen LogP contribution in [0.15, 0.2) is 0 Å². The van der Waals surface area contributed by atoms with Crippen LogP contribution in [0.1, 0.15) is 12.8 Å². The van der Waals surface area contributed by atoms with Crippen LogP contribution in [0.3, 0.4) is 0 Å². The first-order valence-electron chi connectivity index (χ1n) is 1.99. The van der Waals surface area contributed by atoms with Crippen LogP contribution in [0, 0.1) is 0 Å². The van der Waals surface area contributed by atoms with Crippen molar-refractivity contribution in [2.24, 2.45) is 0 Å². The van der Waals surface area contributed by atoms with E-state index in [1.807, 2.05) is 0 Å². The van der Waals surface area contributed by atoms with Gasteiger partial charge in [0.15, 0.2) is 0 Å². The summed E-state index contributed by atoms with van der Waals surface area (Å²) in [6, 6.07) is 0. The third-order valence-corrected chi connectivity index (χ3v) is 4.92. The average molecular weight is 149 g/mol. The van der Waals surface area contributed by atoms with Crippen LogP contribution in [0.4, 0.5) is 0 Å². The molecule has 1 aliphatic rings. The lowest BCUT2D eigenvalue weighted by molar-refractivity contribution is 1.47. The molecule has 0 aliphatic heterocycles. The zero-order valence-corrected chi connectivity index (χ0v) is 6.08. The van der Waals surface area contributed by atoms with E-state index in [0.29, 0.717) is 0 Å². The normalized spacial score (nSPS) is 22.6. The minimum Gasteiger partial charge on any atom is -0.223 e. The average Bonchev–Trinajstić information content (AvgIpc) is 2.12. The second-order valence-electron chi connectivity index (χ2n) is 1.60. The Hall–Kier alpha value is 1.01. The fraction of sp³-hybridized carbons (Fsp3) is 1.00. The van der Waals surface area contributed by atoms with Gasteiger partial charge in [0.2, 0.25) is 0 Å². The minimum absolute atomic E-state index is 0.272. The topological polar surface area (TPSA) is 0 Å². The molecule has 0 radical (unpaired) electrons. The van der Waals surface area contributed by atoms with E-state index < -0.39 is 0 Å². The van der Waals surface area contributed by atoms with E-state index in [1.165, 1.54) is 17.6 Å². The van der Waals surface area contributed by atoms with Gasteiger partial charge in [-0.2, -0.15) is 0 Å². The zero-order chi connectivity index (χ0) is 3.70. The van der Waals surface area contributed by atoms with Gasteiger partial charge in [0, 0.05) is 0 Å². The van der Waals surface area contributed by atoms with Gasteiger partial charge in [0.1, 0.15) is 0 Å². The van der Waals surface area contributed by atoms with Gasteiger partial charge in [-0.15, -0.1) is 0 Å². The van der Waals surface area contributed by atoms with E-state index >= 15 is 0 Å². The van der Waals surface area contributed by atoms with E-state index in [1.54, 1.807) is 0 Å². The summed E-state index contributed by atoms with van der Waals surface area (Å²) in [7, 11) is 0. The Bertz CT molecular complexity index is 33.9. The van der Waals surface area contributed by atoms with Crippen molar-refractivity contribution in [1.29, 1.82) is 0 Å². The van der Waals surface area contributed by atoms with Gasteiger partial charge in [-0.3, -0.25) is 0 Å². The summed E-state index contributed by atoms with van der Waals surface area (Å²) < 4.78 is 1.19. The zero-order valence-electron chi connectivity index (χ0n) is 3.08. The lowest BCUT2D eigenvalue weighted by atomic mass is 11.0. The van der Waals surface area contributed by atoms with Crippen molar-refractivity contribution in [3.8, 4) is 0 Å². The molecule has 0 saturated heterocycles. The maximum absolute atomic E-state index is 3.52.